The molecular weight excluding hydrogens is 454 g/mol. The number of benzene rings is 3. The van der Waals surface area contributed by atoms with Gasteiger partial charge < -0.3 is 15.4 Å². The highest BCUT2D eigenvalue weighted by molar-refractivity contribution is 6.53. The molecule has 3 aromatic carbocycles. The third-order valence-corrected chi connectivity index (χ3v) is 5.47. The maximum atomic E-state index is 13.0. The van der Waals surface area contributed by atoms with E-state index < -0.39 is 11.8 Å². The molecule has 0 bridgehead atoms. The zero-order chi connectivity index (χ0) is 24.1. The number of halogens is 1. The molecule has 0 saturated carbocycles. The molecular formula is C26H22ClN3O4. The molecule has 2 N–H and O–H groups in total. The van der Waals surface area contributed by atoms with Crippen molar-refractivity contribution in [2.45, 2.75) is 13.5 Å². The molecule has 3 aromatic rings. The third-order valence-electron chi connectivity index (χ3n) is 5.12. The van der Waals surface area contributed by atoms with Crippen LogP contribution in [0.4, 0.5) is 11.4 Å². The summed E-state index contributed by atoms with van der Waals surface area (Å²) in [5.41, 5.74) is 2.16. The van der Waals surface area contributed by atoms with Crippen molar-refractivity contribution in [3.63, 3.8) is 0 Å². The van der Waals surface area contributed by atoms with E-state index in [9.17, 15) is 14.4 Å². The number of imide groups is 1. The molecule has 0 aliphatic carbocycles. The Bertz CT molecular complexity index is 1260. The third kappa shape index (κ3) is 4.94. The van der Waals surface area contributed by atoms with E-state index >= 15 is 0 Å². The van der Waals surface area contributed by atoms with Gasteiger partial charge in [-0.3, -0.25) is 14.4 Å². The van der Waals surface area contributed by atoms with Crippen LogP contribution in [0.1, 0.15) is 22.8 Å². The zero-order valence-electron chi connectivity index (χ0n) is 18.4. The Hall–Kier alpha value is -4.10. The van der Waals surface area contributed by atoms with Gasteiger partial charge in [0, 0.05) is 17.8 Å². The molecule has 7 nitrogen and oxygen atoms in total. The van der Waals surface area contributed by atoms with Crippen molar-refractivity contribution in [1.82, 2.24) is 5.32 Å². The van der Waals surface area contributed by atoms with Crippen LogP contribution in [0.3, 0.4) is 0 Å². The molecule has 3 amide bonds. The number of carbonyl (C=O) groups excluding carboxylic acids is 3. The second kappa shape index (κ2) is 10.2. The van der Waals surface area contributed by atoms with Crippen molar-refractivity contribution >= 4 is 40.7 Å². The Morgan fingerprint density at radius 2 is 1.68 bits per heavy atom. The second-order valence-electron chi connectivity index (χ2n) is 7.44. The molecule has 172 valence electrons. The number of rotatable bonds is 8. The summed E-state index contributed by atoms with van der Waals surface area (Å²) < 4.78 is 5.40. The van der Waals surface area contributed by atoms with Crippen LogP contribution in [-0.4, -0.2) is 24.3 Å². The second-order valence-corrected chi connectivity index (χ2v) is 7.81. The summed E-state index contributed by atoms with van der Waals surface area (Å²) in [6.07, 6.45) is 0. The van der Waals surface area contributed by atoms with Crippen molar-refractivity contribution < 1.29 is 19.1 Å². The summed E-state index contributed by atoms with van der Waals surface area (Å²) in [7, 11) is 0. The zero-order valence-corrected chi connectivity index (χ0v) is 19.1. The first-order chi connectivity index (χ1) is 16.5. The molecule has 1 aliphatic heterocycles. The summed E-state index contributed by atoms with van der Waals surface area (Å²) in [6, 6.07) is 22.8. The molecule has 0 atom stereocenters. The number of ether oxygens (including phenoxy) is 1. The fraction of sp³-hybridized carbons (Fsp3) is 0.115. The molecule has 4 rings (SSSR count). The van der Waals surface area contributed by atoms with E-state index in [0.29, 0.717) is 35.8 Å². The van der Waals surface area contributed by atoms with Gasteiger partial charge in [0.05, 0.1) is 12.3 Å². The minimum atomic E-state index is -0.630. The first-order valence-corrected chi connectivity index (χ1v) is 11.1. The van der Waals surface area contributed by atoms with E-state index in [1.165, 1.54) is 0 Å². The lowest BCUT2D eigenvalue weighted by atomic mass is 10.1. The van der Waals surface area contributed by atoms with Gasteiger partial charge in [0.15, 0.2) is 0 Å². The predicted octanol–water partition coefficient (Wildman–Crippen LogP) is 4.45. The van der Waals surface area contributed by atoms with Gasteiger partial charge in [-0.1, -0.05) is 48.0 Å². The van der Waals surface area contributed by atoms with Gasteiger partial charge in [-0.25, -0.2) is 4.90 Å². The highest BCUT2D eigenvalue weighted by Crippen LogP contribution is 2.31. The molecule has 1 aliphatic rings. The summed E-state index contributed by atoms with van der Waals surface area (Å²) in [5, 5.41) is 5.54. The molecule has 0 fully saturated rings. The van der Waals surface area contributed by atoms with Gasteiger partial charge >= 0.3 is 0 Å². The highest BCUT2D eigenvalue weighted by atomic mass is 35.5. The summed E-state index contributed by atoms with van der Waals surface area (Å²) in [6.45, 7) is 2.76. The molecule has 0 radical (unpaired) electrons. The highest BCUT2D eigenvalue weighted by Gasteiger charge is 2.39. The molecule has 0 spiro atoms. The largest absolute Gasteiger partial charge is 0.494 e. The summed E-state index contributed by atoms with van der Waals surface area (Å²) in [5.74, 6) is -0.851. The maximum Gasteiger partial charge on any atom is 0.283 e. The molecule has 1 heterocycles. The predicted molar refractivity (Wildman–Crippen MR) is 131 cm³/mol. The van der Waals surface area contributed by atoms with Crippen LogP contribution < -0.4 is 20.3 Å². The fourth-order valence-electron chi connectivity index (χ4n) is 3.47. The van der Waals surface area contributed by atoms with Crippen molar-refractivity contribution in [1.29, 1.82) is 0 Å². The lowest BCUT2D eigenvalue weighted by molar-refractivity contribution is -0.120. The maximum absolute atomic E-state index is 13.0. The van der Waals surface area contributed by atoms with Crippen LogP contribution >= 0.6 is 11.6 Å². The normalized spacial score (nSPS) is 13.3. The van der Waals surface area contributed by atoms with Gasteiger partial charge in [0.25, 0.3) is 17.7 Å². The van der Waals surface area contributed by atoms with Gasteiger partial charge in [0.2, 0.25) is 0 Å². The van der Waals surface area contributed by atoms with Crippen LogP contribution in [0, 0.1) is 0 Å². The average molecular weight is 476 g/mol. The van der Waals surface area contributed by atoms with Crippen LogP contribution in [0.15, 0.2) is 89.6 Å². The minimum absolute atomic E-state index is 0.0533. The Labute approximate surface area is 202 Å². The average Bonchev–Trinajstić information content (AvgIpc) is 3.07. The molecule has 0 saturated heterocycles. The molecule has 8 heteroatoms. The number of nitrogens with zero attached hydrogens (tertiary/aromatic N) is 1. The van der Waals surface area contributed by atoms with Crippen LogP contribution in [0.2, 0.25) is 0 Å². The summed E-state index contributed by atoms with van der Waals surface area (Å²) >= 11 is 6.22. The van der Waals surface area contributed by atoms with Crippen molar-refractivity contribution in [3.8, 4) is 5.75 Å². The fourth-order valence-corrected chi connectivity index (χ4v) is 3.68. The van der Waals surface area contributed by atoms with E-state index in [2.05, 4.69) is 10.6 Å². The standard InChI is InChI=1S/C26H22ClN3O4/c1-2-34-21-13-11-20(12-14-21)30-25(32)22(27)23(26(30)33)29-19-10-6-9-18(15-19)24(31)28-16-17-7-4-3-5-8-17/h3-15,29H,2,16H2,1H3,(H,28,31). The number of hydrogen-bond acceptors (Lipinski definition) is 5. The van der Waals surface area contributed by atoms with E-state index in [1.54, 1.807) is 48.5 Å². The number of hydrogen-bond donors (Lipinski definition) is 2. The molecule has 34 heavy (non-hydrogen) atoms. The SMILES string of the molecule is CCOc1ccc(N2C(=O)C(Cl)=C(Nc3cccc(C(=O)NCc4ccccc4)c3)C2=O)cc1. The Morgan fingerprint density at radius 1 is 0.941 bits per heavy atom. The number of anilines is 2. The van der Waals surface area contributed by atoms with Crippen molar-refractivity contribution in [3.05, 3.63) is 101 Å². The van der Waals surface area contributed by atoms with Crippen LogP contribution in [0.5, 0.6) is 5.75 Å². The Balaban J connectivity index is 1.47. The van der Waals surface area contributed by atoms with Gasteiger partial charge in [-0.05, 0) is 55.0 Å². The first kappa shape index (κ1) is 23.1. The smallest absolute Gasteiger partial charge is 0.283 e. The van der Waals surface area contributed by atoms with Crippen molar-refractivity contribution in [2.24, 2.45) is 0 Å². The van der Waals surface area contributed by atoms with E-state index in [4.69, 9.17) is 16.3 Å². The Morgan fingerprint density at radius 3 is 2.38 bits per heavy atom. The topological polar surface area (TPSA) is 87.7 Å². The van der Waals surface area contributed by atoms with Crippen LogP contribution in [-0.2, 0) is 16.1 Å². The molecule has 0 unspecified atom stereocenters. The van der Waals surface area contributed by atoms with Crippen LogP contribution in [0.25, 0.3) is 0 Å². The molecule has 0 aromatic heterocycles. The lowest BCUT2D eigenvalue weighted by Crippen LogP contribution is -2.32. The van der Waals surface area contributed by atoms with Gasteiger partial charge in [-0.15, -0.1) is 0 Å². The number of nitrogens with one attached hydrogen (secondary N) is 2. The van der Waals surface area contributed by atoms with Gasteiger partial charge in [-0.2, -0.15) is 0 Å². The number of amides is 3. The first-order valence-electron chi connectivity index (χ1n) is 10.7. The van der Waals surface area contributed by atoms with E-state index in [1.807, 2.05) is 37.3 Å². The minimum Gasteiger partial charge on any atom is -0.494 e. The lowest BCUT2D eigenvalue weighted by Gasteiger charge is -2.16. The van der Waals surface area contributed by atoms with E-state index in [0.717, 1.165) is 10.5 Å². The van der Waals surface area contributed by atoms with Gasteiger partial charge in [0.1, 0.15) is 16.5 Å². The quantitative estimate of drug-likeness (QED) is 0.470. The van der Waals surface area contributed by atoms with Crippen molar-refractivity contribution in [2.75, 3.05) is 16.8 Å². The van der Waals surface area contributed by atoms with E-state index in [-0.39, 0.29) is 16.6 Å². The number of carbonyl (C=O) groups is 3. The Kier molecular flexibility index (Phi) is 6.94. The monoisotopic (exact) mass is 475 g/mol. The summed E-state index contributed by atoms with van der Waals surface area (Å²) in [4.78, 5) is 39.3.